The summed E-state index contributed by atoms with van der Waals surface area (Å²) in [6.45, 7) is 8.30. The first-order valence-electron chi connectivity index (χ1n) is 10.9. The van der Waals surface area contributed by atoms with Gasteiger partial charge in [0.15, 0.2) is 0 Å². The van der Waals surface area contributed by atoms with Gasteiger partial charge in [-0.1, -0.05) is 81.7 Å². The molecule has 0 radical (unpaired) electrons. The van der Waals surface area contributed by atoms with Crippen LogP contribution < -0.4 is 0 Å². The van der Waals surface area contributed by atoms with E-state index >= 15 is 0 Å². The number of rotatable bonds is 14. The van der Waals surface area contributed by atoms with Crippen LogP contribution >= 0.6 is 0 Å². The maximum atomic E-state index is 12.0. The summed E-state index contributed by atoms with van der Waals surface area (Å²) in [4.78, 5) is 24.0. The minimum atomic E-state index is -0.283. The third kappa shape index (κ3) is 9.04. The van der Waals surface area contributed by atoms with E-state index in [1.807, 2.05) is 24.3 Å². The lowest BCUT2D eigenvalue weighted by atomic mass is 10.1. The first-order valence-corrected chi connectivity index (χ1v) is 10.9. The van der Waals surface area contributed by atoms with Gasteiger partial charge in [0.2, 0.25) is 0 Å². The Labute approximate surface area is 185 Å². The second kappa shape index (κ2) is 14.0. The molecular formula is C27H32O4. The summed E-state index contributed by atoms with van der Waals surface area (Å²) < 4.78 is 10.7. The minimum Gasteiger partial charge on any atom is -0.462 e. The van der Waals surface area contributed by atoms with Gasteiger partial charge >= 0.3 is 11.9 Å². The van der Waals surface area contributed by atoms with Crippen LogP contribution in [0.15, 0.2) is 61.7 Å². The summed E-state index contributed by atoms with van der Waals surface area (Å²) in [5.41, 5.74) is 2.94. The molecule has 31 heavy (non-hydrogen) atoms. The fourth-order valence-corrected chi connectivity index (χ4v) is 3.17. The normalized spacial score (nSPS) is 10.3. The molecule has 0 aliphatic heterocycles. The van der Waals surface area contributed by atoms with Gasteiger partial charge in [-0.15, -0.1) is 0 Å². The van der Waals surface area contributed by atoms with E-state index in [1.54, 1.807) is 36.4 Å². The third-order valence-corrected chi connectivity index (χ3v) is 4.97. The SMILES string of the molecule is C=Cc1cccc(C(=O)OCCCCCCCCCOC(=O)c2cccc(C=C)c2)c1. The van der Waals surface area contributed by atoms with Crippen molar-refractivity contribution in [3.8, 4) is 0 Å². The van der Waals surface area contributed by atoms with E-state index in [4.69, 9.17) is 9.47 Å². The molecule has 0 saturated heterocycles. The van der Waals surface area contributed by atoms with Crippen molar-refractivity contribution in [2.24, 2.45) is 0 Å². The second-order valence-corrected chi connectivity index (χ2v) is 7.41. The van der Waals surface area contributed by atoms with Crippen molar-refractivity contribution in [2.45, 2.75) is 44.9 Å². The molecule has 0 fully saturated rings. The van der Waals surface area contributed by atoms with Gasteiger partial charge < -0.3 is 9.47 Å². The molecule has 0 bridgehead atoms. The monoisotopic (exact) mass is 420 g/mol. The number of carbonyl (C=O) groups is 2. The zero-order chi connectivity index (χ0) is 22.3. The van der Waals surface area contributed by atoms with Gasteiger partial charge in [0, 0.05) is 0 Å². The van der Waals surface area contributed by atoms with E-state index in [1.165, 1.54) is 0 Å². The summed E-state index contributed by atoms with van der Waals surface area (Å²) in [6, 6.07) is 14.5. The molecular weight excluding hydrogens is 388 g/mol. The Hall–Kier alpha value is -3.14. The first-order chi connectivity index (χ1) is 15.1. The molecule has 2 aromatic carbocycles. The van der Waals surface area contributed by atoms with Crippen LogP contribution in [0.4, 0.5) is 0 Å². The largest absolute Gasteiger partial charge is 0.462 e. The standard InChI is InChI=1S/C27H32O4/c1-3-22-14-12-16-24(20-22)26(28)30-18-10-8-6-5-7-9-11-19-31-27(29)25-17-13-15-23(4-2)21-25/h3-4,12-17,20-21H,1-2,5-11,18-19H2. The molecule has 0 spiro atoms. The Morgan fingerprint density at radius 1 is 0.645 bits per heavy atom. The molecule has 4 heteroatoms. The lowest BCUT2D eigenvalue weighted by molar-refractivity contribution is 0.0490. The van der Waals surface area contributed by atoms with E-state index < -0.39 is 0 Å². The maximum absolute atomic E-state index is 12.0. The molecule has 0 amide bonds. The number of benzene rings is 2. The van der Waals surface area contributed by atoms with Crippen molar-refractivity contribution < 1.29 is 19.1 Å². The molecule has 2 aromatic rings. The van der Waals surface area contributed by atoms with Gasteiger partial charge in [0.05, 0.1) is 24.3 Å². The molecule has 0 unspecified atom stereocenters. The number of esters is 2. The molecule has 0 saturated carbocycles. The zero-order valence-electron chi connectivity index (χ0n) is 18.2. The van der Waals surface area contributed by atoms with Crippen molar-refractivity contribution in [2.75, 3.05) is 13.2 Å². The molecule has 4 nitrogen and oxygen atoms in total. The molecule has 0 aliphatic rings. The van der Waals surface area contributed by atoms with Crippen LogP contribution in [0.1, 0.15) is 76.8 Å². The van der Waals surface area contributed by atoms with Crippen molar-refractivity contribution in [1.82, 2.24) is 0 Å². The number of hydrogen-bond donors (Lipinski definition) is 0. The van der Waals surface area contributed by atoms with E-state index in [9.17, 15) is 9.59 Å². The highest BCUT2D eigenvalue weighted by Crippen LogP contribution is 2.11. The Bertz CT molecular complexity index is 798. The van der Waals surface area contributed by atoms with Crippen molar-refractivity contribution in [1.29, 1.82) is 0 Å². The highest BCUT2D eigenvalue weighted by Gasteiger charge is 2.07. The van der Waals surface area contributed by atoms with Crippen LogP contribution in [0.3, 0.4) is 0 Å². The van der Waals surface area contributed by atoms with Crippen LogP contribution in [-0.4, -0.2) is 25.2 Å². The summed E-state index contributed by atoms with van der Waals surface area (Å²) in [5, 5.41) is 0. The molecule has 2 rings (SSSR count). The van der Waals surface area contributed by atoms with Crippen LogP contribution in [0.5, 0.6) is 0 Å². The molecule has 164 valence electrons. The Morgan fingerprint density at radius 2 is 1.03 bits per heavy atom. The van der Waals surface area contributed by atoms with Crippen molar-refractivity contribution in [3.63, 3.8) is 0 Å². The average Bonchev–Trinajstić information content (AvgIpc) is 2.82. The summed E-state index contributed by atoms with van der Waals surface area (Å²) in [6.07, 6.45) is 10.6. The molecule has 0 heterocycles. The van der Waals surface area contributed by atoms with Crippen molar-refractivity contribution in [3.05, 3.63) is 83.9 Å². The smallest absolute Gasteiger partial charge is 0.338 e. The van der Waals surface area contributed by atoms with E-state index in [-0.39, 0.29) is 11.9 Å². The minimum absolute atomic E-state index is 0.283. The maximum Gasteiger partial charge on any atom is 0.338 e. The second-order valence-electron chi connectivity index (χ2n) is 7.41. The van der Waals surface area contributed by atoms with Gasteiger partial charge in [0.25, 0.3) is 0 Å². The van der Waals surface area contributed by atoms with Gasteiger partial charge in [-0.05, 0) is 48.2 Å². The summed E-state index contributed by atoms with van der Waals surface area (Å²) >= 11 is 0. The molecule has 0 atom stereocenters. The molecule has 0 aromatic heterocycles. The Kier molecular flexibility index (Phi) is 10.9. The third-order valence-electron chi connectivity index (χ3n) is 4.97. The van der Waals surface area contributed by atoms with Crippen LogP contribution in [-0.2, 0) is 9.47 Å². The molecule has 0 aliphatic carbocycles. The molecule has 0 N–H and O–H groups in total. The number of ether oxygens (including phenoxy) is 2. The predicted molar refractivity (Wildman–Crippen MR) is 126 cm³/mol. The summed E-state index contributed by atoms with van der Waals surface area (Å²) in [5.74, 6) is -0.566. The van der Waals surface area contributed by atoms with Crippen molar-refractivity contribution >= 4 is 24.1 Å². The number of unbranched alkanes of at least 4 members (excludes halogenated alkanes) is 6. The van der Waals surface area contributed by atoms with Gasteiger partial charge in [-0.3, -0.25) is 0 Å². The van der Waals surface area contributed by atoms with E-state index in [0.29, 0.717) is 24.3 Å². The average molecular weight is 421 g/mol. The fraction of sp³-hybridized carbons (Fsp3) is 0.333. The Morgan fingerprint density at radius 3 is 1.42 bits per heavy atom. The van der Waals surface area contributed by atoms with Crippen LogP contribution in [0, 0.1) is 0 Å². The van der Waals surface area contributed by atoms with E-state index in [2.05, 4.69) is 13.2 Å². The first kappa shape index (κ1) is 24.1. The summed E-state index contributed by atoms with van der Waals surface area (Å²) in [7, 11) is 0. The quantitative estimate of drug-likeness (QED) is 0.251. The van der Waals surface area contributed by atoms with Gasteiger partial charge in [-0.25, -0.2) is 9.59 Å². The zero-order valence-corrected chi connectivity index (χ0v) is 18.2. The highest BCUT2D eigenvalue weighted by molar-refractivity contribution is 5.90. The Balaban J connectivity index is 1.46. The van der Waals surface area contributed by atoms with Gasteiger partial charge in [-0.2, -0.15) is 0 Å². The lowest BCUT2D eigenvalue weighted by Crippen LogP contribution is -2.06. The van der Waals surface area contributed by atoms with Crippen LogP contribution in [0.25, 0.3) is 12.2 Å². The lowest BCUT2D eigenvalue weighted by Gasteiger charge is -2.06. The highest BCUT2D eigenvalue weighted by atomic mass is 16.5. The number of carbonyl (C=O) groups excluding carboxylic acids is 2. The van der Waals surface area contributed by atoms with Gasteiger partial charge in [0.1, 0.15) is 0 Å². The fourth-order valence-electron chi connectivity index (χ4n) is 3.17. The van der Waals surface area contributed by atoms with Crippen LogP contribution in [0.2, 0.25) is 0 Å². The number of hydrogen-bond acceptors (Lipinski definition) is 4. The van der Waals surface area contributed by atoms with E-state index in [0.717, 1.165) is 56.1 Å². The topological polar surface area (TPSA) is 52.6 Å². The predicted octanol–water partition coefficient (Wildman–Crippen LogP) is 6.72.